The lowest BCUT2D eigenvalue weighted by Crippen LogP contribution is -2.41. The smallest absolute Gasteiger partial charge is 0.313 e. The third-order valence-corrected chi connectivity index (χ3v) is 4.67. The highest BCUT2D eigenvalue weighted by atomic mass is 16.7. The lowest BCUT2D eigenvalue weighted by Gasteiger charge is -2.31. The summed E-state index contributed by atoms with van der Waals surface area (Å²) in [5.41, 5.74) is 0.956. The average molecular weight is 375 g/mol. The molecule has 0 unspecified atom stereocenters. The molecule has 2 fully saturated rings. The summed E-state index contributed by atoms with van der Waals surface area (Å²) in [5.74, 6) is -2.24. The molecule has 1 aliphatic carbocycles. The van der Waals surface area contributed by atoms with Crippen LogP contribution >= 0.6 is 0 Å². The van der Waals surface area contributed by atoms with E-state index in [1.54, 1.807) is 24.3 Å². The van der Waals surface area contributed by atoms with Crippen molar-refractivity contribution in [1.82, 2.24) is 5.32 Å². The molecule has 1 saturated heterocycles. The van der Waals surface area contributed by atoms with Crippen LogP contribution in [0.1, 0.15) is 39.0 Å². The van der Waals surface area contributed by atoms with Gasteiger partial charge in [-0.3, -0.25) is 14.4 Å². The maximum absolute atomic E-state index is 12.1. The molecule has 3 N–H and O–H groups in total. The normalized spacial score (nSPS) is 20.9. The van der Waals surface area contributed by atoms with Crippen LogP contribution in [0.3, 0.4) is 0 Å². The van der Waals surface area contributed by atoms with Gasteiger partial charge in [0.1, 0.15) is 6.10 Å². The number of hydrogen-bond donors (Lipinski definition) is 3. The zero-order valence-electron chi connectivity index (χ0n) is 15.4. The summed E-state index contributed by atoms with van der Waals surface area (Å²) in [6, 6.07) is 6.58. The molecule has 0 bridgehead atoms. The first-order valence-electron chi connectivity index (χ1n) is 9.24. The number of rotatable bonds is 4. The summed E-state index contributed by atoms with van der Waals surface area (Å²) in [5, 5.41) is 7.72. The Morgan fingerprint density at radius 1 is 1.07 bits per heavy atom. The minimum Gasteiger partial charge on any atom is -0.347 e. The second-order valence-electron chi connectivity index (χ2n) is 6.95. The van der Waals surface area contributed by atoms with E-state index < -0.39 is 17.6 Å². The van der Waals surface area contributed by atoms with Gasteiger partial charge in [-0.1, -0.05) is 12.5 Å². The van der Waals surface area contributed by atoms with Gasteiger partial charge in [-0.15, -0.1) is 0 Å². The van der Waals surface area contributed by atoms with Crippen LogP contribution in [0.4, 0.5) is 11.4 Å². The molecule has 3 rings (SSSR count). The van der Waals surface area contributed by atoms with Gasteiger partial charge in [-0.2, -0.15) is 0 Å². The van der Waals surface area contributed by atoms with Crippen molar-refractivity contribution in [1.29, 1.82) is 0 Å². The summed E-state index contributed by atoms with van der Waals surface area (Å²) >= 11 is 0. The first-order valence-corrected chi connectivity index (χ1v) is 9.24. The fraction of sp³-hybridized carbons (Fsp3) is 0.526. The van der Waals surface area contributed by atoms with Crippen LogP contribution in [0.15, 0.2) is 24.3 Å². The van der Waals surface area contributed by atoms with Crippen LogP contribution in [0.5, 0.6) is 0 Å². The summed E-state index contributed by atoms with van der Waals surface area (Å²) in [7, 11) is 0. The van der Waals surface area contributed by atoms with E-state index in [0.29, 0.717) is 18.0 Å². The van der Waals surface area contributed by atoms with Crippen molar-refractivity contribution in [2.24, 2.45) is 0 Å². The van der Waals surface area contributed by atoms with Gasteiger partial charge in [0.25, 0.3) is 0 Å². The SMILES string of the molecule is CC(=O)Nc1cccc(NC(=O)C(=O)NC[C@H]2COC3(CCCCC3)O2)c1. The monoisotopic (exact) mass is 375 g/mol. The number of carbonyl (C=O) groups excluding carboxylic acids is 3. The Morgan fingerprint density at radius 2 is 1.78 bits per heavy atom. The van der Waals surface area contributed by atoms with Crippen LogP contribution in [0.25, 0.3) is 0 Å². The molecule has 8 nitrogen and oxygen atoms in total. The van der Waals surface area contributed by atoms with E-state index in [1.165, 1.54) is 13.3 Å². The summed E-state index contributed by atoms with van der Waals surface area (Å²) in [6.07, 6.45) is 4.87. The molecule has 1 aromatic rings. The third kappa shape index (κ3) is 5.27. The van der Waals surface area contributed by atoms with Crippen molar-refractivity contribution in [3.8, 4) is 0 Å². The van der Waals surface area contributed by atoms with Crippen molar-refractivity contribution in [2.45, 2.75) is 50.9 Å². The van der Waals surface area contributed by atoms with Gasteiger partial charge in [0, 0.05) is 37.7 Å². The van der Waals surface area contributed by atoms with E-state index in [4.69, 9.17) is 9.47 Å². The summed E-state index contributed by atoms with van der Waals surface area (Å²) in [6.45, 7) is 2.03. The fourth-order valence-corrected chi connectivity index (χ4v) is 3.42. The minimum atomic E-state index is -0.777. The van der Waals surface area contributed by atoms with Crippen molar-refractivity contribution in [3.63, 3.8) is 0 Å². The molecule has 146 valence electrons. The van der Waals surface area contributed by atoms with Crippen LogP contribution in [-0.4, -0.2) is 42.8 Å². The molecule has 1 spiro atoms. The Kier molecular flexibility index (Phi) is 6.08. The van der Waals surface area contributed by atoms with Crippen LogP contribution < -0.4 is 16.0 Å². The zero-order chi connectivity index (χ0) is 19.3. The highest BCUT2D eigenvalue weighted by Gasteiger charge is 2.42. The van der Waals surface area contributed by atoms with Crippen molar-refractivity contribution < 1.29 is 23.9 Å². The molecule has 1 heterocycles. The predicted molar refractivity (Wildman–Crippen MR) is 99.0 cm³/mol. The molecule has 8 heteroatoms. The maximum Gasteiger partial charge on any atom is 0.313 e. The highest BCUT2D eigenvalue weighted by molar-refractivity contribution is 6.39. The van der Waals surface area contributed by atoms with E-state index in [0.717, 1.165) is 25.7 Å². The molecule has 27 heavy (non-hydrogen) atoms. The Bertz CT molecular complexity index is 715. The average Bonchev–Trinajstić information content (AvgIpc) is 3.02. The number of benzene rings is 1. The lowest BCUT2D eigenvalue weighted by molar-refractivity contribution is -0.186. The molecule has 2 aliphatic rings. The maximum atomic E-state index is 12.1. The molecular formula is C19H25N3O5. The predicted octanol–water partition coefficient (Wildman–Crippen LogP) is 1.78. The molecule has 1 saturated carbocycles. The number of ether oxygens (including phenoxy) is 2. The molecule has 1 aliphatic heterocycles. The van der Waals surface area contributed by atoms with Gasteiger partial charge >= 0.3 is 11.8 Å². The number of hydrogen-bond acceptors (Lipinski definition) is 5. The molecular weight excluding hydrogens is 350 g/mol. The van der Waals surface area contributed by atoms with Gasteiger partial charge in [0.05, 0.1) is 6.61 Å². The molecule has 1 atom stereocenters. The number of anilines is 2. The van der Waals surface area contributed by atoms with Crippen LogP contribution in [0, 0.1) is 0 Å². The van der Waals surface area contributed by atoms with Gasteiger partial charge in [-0.25, -0.2) is 0 Å². The number of carbonyl (C=O) groups is 3. The Hall–Kier alpha value is -2.45. The third-order valence-electron chi connectivity index (χ3n) is 4.67. The number of amides is 3. The second-order valence-corrected chi connectivity index (χ2v) is 6.95. The van der Waals surface area contributed by atoms with Gasteiger partial charge in [-0.05, 0) is 31.0 Å². The first-order chi connectivity index (χ1) is 13.0. The van der Waals surface area contributed by atoms with Crippen LogP contribution in [-0.2, 0) is 23.9 Å². The van der Waals surface area contributed by atoms with Crippen molar-refractivity contribution >= 4 is 29.1 Å². The zero-order valence-corrected chi connectivity index (χ0v) is 15.4. The van der Waals surface area contributed by atoms with E-state index >= 15 is 0 Å². The van der Waals surface area contributed by atoms with Gasteiger partial charge in [0.15, 0.2) is 5.79 Å². The lowest BCUT2D eigenvalue weighted by atomic mass is 9.94. The van der Waals surface area contributed by atoms with Crippen molar-refractivity contribution in [3.05, 3.63) is 24.3 Å². The Morgan fingerprint density at radius 3 is 2.48 bits per heavy atom. The second kappa shape index (κ2) is 8.49. The Balaban J connectivity index is 1.46. The summed E-state index contributed by atoms with van der Waals surface area (Å²) in [4.78, 5) is 35.2. The molecule has 0 aromatic heterocycles. The van der Waals surface area contributed by atoms with Gasteiger partial charge in [0.2, 0.25) is 5.91 Å². The topological polar surface area (TPSA) is 106 Å². The highest BCUT2D eigenvalue weighted by Crippen LogP contribution is 2.37. The molecule has 3 amide bonds. The minimum absolute atomic E-state index is 0.217. The Labute approximate surface area is 158 Å². The van der Waals surface area contributed by atoms with E-state index in [2.05, 4.69) is 16.0 Å². The van der Waals surface area contributed by atoms with E-state index in [9.17, 15) is 14.4 Å². The quantitative estimate of drug-likeness (QED) is 0.696. The largest absolute Gasteiger partial charge is 0.347 e. The fourth-order valence-electron chi connectivity index (χ4n) is 3.42. The summed E-state index contributed by atoms with van der Waals surface area (Å²) < 4.78 is 11.8. The standard InChI is InChI=1S/C19H25N3O5/c1-13(23)21-14-6-5-7-15(10-14)22-18(25)17(24)20-11-16-12-26-19(27-16)8-3-2-4-9-19/h5-7,10,16H,2-4,8-9,11-12H2,1H3,(H,20,24)(H,21,23)(H,22,25)/t16-/m0/s1. The molecule has 1 aromatic carbocycles. The van der Waals surface area contributed by atoms with Crippen molar-refractivity contribution in [2.75, 3.05) is 23.8 Å². The van der Waals surface area contributed by atoms with Gasteiger partial charge < -0.3 is 25.4 Å². The van der Waals surface area contributed by atoms with E-state index in [-0.39, 0.29) is 18.6 Å². The first kappa shape index (κ1) is 19.3. The van der Waals surface area contributed by atoms with E-state index in [1.807, 2.05) is 0 Å². The molecule has 0 radical (unpaired) electrons. The van der Waals surface area contributed by atoms with Crippen LogP contribution in [0.2, 0.25) is 0 Å². The number of nitrogens with one attached hydrogen (secondary N) is 3.